The lowest BCUT2D eigenvalue weighted by atomic mass is 10.1. The monoisotopic (exact) mass is 216 g/mol. The number of Topliss-reactive ketones (excluding diaryl/α,β-unsaturated/α-hetero) is 1. The molecule has 1 heterocycles. The van der Waals surface area contributed by atoms with E-state index in [2.05, 4.69) is 0 Å². The Labute approximate surface area is 85.4 Å². The van der Waals surface area contributed by atoms with Gasteiger partial charge < -0.3 is 4.74 Å². The number of ether oxygens (including phenoxy) is 1. The second kappa shape index (κ2) is 2.89. The topological polar surface area (TPSA) is 26.3 Å². The van der Waals surface area contributed by atoms with Crippen LogP contribution in [0, 0.1) is 0 Å². The largest absolute Gasteiger partial charge is 0.480 e. The quantitative estimate of drug-likeness (QED) is 0.667. The smallest absolute Gasteiger partial charge is 0.206 e. The molecule has 4 heteroatoms. The first-order chi connectivity index (χ1) is 6.11. The zero-order valence-electron chi connectivity index (χ0n) is 6.80. The third-order valence-electron chi connectivity index (χ3n) is 1.98. The number of halogens is 2. The third kappa shape index (κ3) is 1.21. The van der Waals surface area contributed by atoms with Gasteiger partial charge in [-0.1, -0.05) is 23.2 Å². The molecule has 2 nitrogen and oxygen atoms in total. The number of benzene rings is 1. The highest BCUT2D eigenvalue weighted by molar-refractivity contribution is 6.43. The second-order valence-electron chi connectivity index (χ2n) is 2.86. The molecule has 1 atom stereocenters. The summed E-state index contributed by atoms with van der Waals surface area (Å²) in [6, 6.07) is 3.23. The van der Waals surface area contributed by atoms with Crippen LogP contribution in [0.3, 0.4) is 0 Å². The van der Waals surface area contributed by atoms with E-state index in [0.717, 1.165) is 0 Å². The van der Waals surface area contributed by atoms with Crippen molar-refractivity contribution in [2.45, 2.75) is 13.0 Å². The first kappa shape index (κ1) is 8.85. The van der Waals surface area contributed by atoms with Crippen LogP contribution in [0.5, 0.6) is 5.75 Å². The van der Waals surface area contributed by atoms with Crippen LogP contribution in [-0.2, 0) is 0 Å². The van der Waals surface area contributed by atoms with Crippen molar-refractivity contribution in [2.24, 2.45) is 0 Å². The van der Waals surface area contributed by atoms with Crippen LogP contribution >= 0.6 is 23.2 Å². The van der Waals surface area contributed by atoms with Crippen LogP contribution in [0.2, 0.25) is 10.0 Å². The van der Waals surface area contributed by atoms with Crippen LogP contribution in [-0.4, -0.2) is 11.9 Å². The molecule has 1 aromatic carbocycles. The normalized spacial score (nSPS) is 19.9. The van der Waals surface area contributed by atoms with Gasteiger partial charge >= 0.3 is 0 Å². The molecule has 0 N–H and O–H groups in total. The Hall–Kier alpha value is -0.730. The minimum Gasteiger partial charge on any atom is -0.480 e. The lowest BCUT2D eigenvalue weighted by molar-refractivity contribution is 0.0878. The second-order valence-corrected chi connectivity index (χ2v) is 3.65. The fourth-order valence-corrected chi connectivity index (χ4v) is 1.65. The van der Waals surface area contributed by atoms with Crippen molar-refractivity contribution in [1.82, 2.24) is 0 Å². The first-order valence-corrected chi connectivity index (χ1v) is 4.55. The predicted octanol–water partition coefficient (Wildman–Crippen LogP) is 2.96. The van der Waals surface area contributed by atoms with Crippen LogP contribution in [0.4, 0.5) is 0 Å². The summed E-state index contributed by atoms with van der Waals surface area (Å²) >= 11 is 11.6. The fourth-order valence-electron chi connectivity index (χ4n) is 1.29. The maximum absolute atomic E-state index is 11.4. The van der Waals surface area contributed by atoms with Crippen LogP contribution in [0.1, 0.15) is 17.3 Å². The van der Waals surface area contributed by atoms with E-state index in [1.54, 1.807) is 19.1 Å². The summed E-state index contributed by atoms with van der Waals surface area (Å²) in [5.74, 6) is 0.361. The molecule has 0 amide bonds. The van der Waals surface area contributed by atoms with Gasteiger partial charge in [0.1, 0.15) is 5.02 Å². The van der Waals surface area contributed by atoms with Crippen molar-refractivity contribution in [3.05, 3.63) is 27.7 Å². The van der Waals surface area contributed by atoms with Crippen molar-refractivity contribution in [3.63, 3.8) is 0 Å². The Balaban J connectivity index is 2.64. The molecule has 1 aromatic rings. The Morgan fingerprint density at radius 3 is 2.77 bits per heavy atom. The SMILES string of the molecule is CC1Oc2c(ccc(Cl)c2Cl)C1=O. The summed E-state index contributed by atoms with van der Waals surface area (Å²) < 4.78 is 5.26. The average Bonchev–Trinajstić information content (AvgIpc) is 2.38. The van der Waals surface area contributed by atoms with E-state index in [0.29, 0.717) is 21.4 Å². The van der Waals surface area contributed by atoms with Gasteiger partial charge in [0.15, 0.2) is 11.9 Å². The number of carbonyl (C=O) groups is 1. The molecule has 1 aliphatic rings. The summed E-state index contributed by atoms with van der Waals surface area (Å²) in [6.45, 7) is 1.69. The molecular formula is C9H6Cl2O2. The van der Waals surface area contributed by atoms with E-state index in [1.807, 2.05) is 0 Å². The van der Waals surface area contributed by atoms with Crippen molar-refractivity contribution in [2.75, 3.05) is 0 Å². The van der Waals surface area contributed by atoms with Crippen LogP contribution in [0.25, 0.3) is 0 Å². The predicted molar refractivity (Wildman–Crippen MR) is 50.9 cm³/mol. The van der Waals surface area contributed by atoms with Crippen molar-refractivity contribution in [3.8, 4) is 5.75 Å². The molecule has 0 bridgehead atoms. The van der Waals surface area contributed by atoms with Crippen molar-refractivity contribution >= 4 is 29.0 Å². The molecule has 0 saturated heterocycles. The maximum Gasteiger partial charge on any atom is 0.206 e. The van der Waals surface area contributed by atoms with Gasteiger partial charge in [-0.05, 0) is 19.1 Å². The molecular weight excluding hydrogens is 211 g/mol. The Kier molecular flexibility index (Phi) is 1.97. The Bertz CT molecular complexity index is 387. The van der Waals surface area contributed by atoms with Gasteiger partial charge in [-0.3, -0.25) is 4.79 Å². The van der Waals surface area contributed by atoms with Gasteiger partial charge in [-0.25, -0.2) is 0 Å². The molecule has 2 rings (SSSR count). The minimum atomic E-state index is -0.453. The molecule has 1 unspecified atom stereocenters. The molecule has 1 aliphatic heterocycles. The molecule has 0 fully saturated rings. The molecule has 0 radical (unpaired) electrons. The van der Waals surface area contributed by atoms with E-state index >= 15 is 0 Å². The number of ketones is 1. The number of fused-ring (bicyclic) bond motifs is 1. The highest BCUT2D eigenvalue weighted by Gasteiger charge is 2.31. The lowest BCUT2D eigenvalue weighted by Gasteiger charge is -2.03. The van der Waals surface area contributed by atoms with Gasteiger partial charge in [-0.2, -0.15) is 0 Å². The molecule has 0 saturated carbocycles. The van der Waals surface area contributed by atoms with E-state index < -0.39 is 6.10 Å². The van der Waals surface area contributed by atoms with Crippen LogP contribution < -0.4 is 4.74 Å². The standard InChI is InChI=1S/C9H6Cl2O2/c1-4-8(12)5-2-3-6(10)7(11)9(5)13-4/h2-4H,1H3. The number of rotatable bonds is 0. The Morgan fingerprint density at radius 2 is 2.08 bits per heavy atom. The summed E-state index contributed by atoms with van der Waals surface area (Å²) in [7, 11) is 0. The zero-order valence-corrected chi connectivity index (χ0v) is 8.32. The van der Waals surface area contributed by atoms with E-state index in [9.17, 15) is 4.79 Å². The van der Waals surface area contributed by atoms with Gasteiger partial charge in [-0.15, -0.1) is 0 Å². The van der Waals surface area contributed by atoms with E-state index in [-0.39, 0.29) is 5.78 Å². The zero-order chi connectivity index (χ0) is 9.59. The first-order valence-electron chi connectivity index (χ1n) is 3.80. The van der Waals surface area contributed by atoms with Gasteiger partial charge in [0.2, 0.25) is 5.78 Å². The van der Waals surface area contributed by atoms with Gasteiger partial charge in [0, 0.05) is 0 Å². The van der Waals surface area contributed by atoms with E-state index in [4.69, 9.17) is 27.9 Å². The molecule has 0 aliphatic carbocycles. The highest BCUT2D eigenvalue weighted by Crippen LogP contribution is 2.39. The number of hydrogen-bond donors (Lipinski definition) is 0. The van der Waals surface area contributed by atoms with E-state index in [1.165, 1.54) is 0 Å². The average molecular weight is 217 g/mol. The Morgan fingerprint density at radius 1 is 1.38 bits per heavy atom. The highest BCUT2D eigenvalue weighted by atomic mass is 35.5. The molecule has 68 valence electrons. The third-order valence-corrected chi connectivity index (χ3v) is 2.77. The number of carbonyl (C=O) groups excluding carboxylic acids is 1. The minimum absolute atomic E-state index is 0.0476. The van der Waals surface area contributed by atoms with Crippen LogP contribution in [0.15, 0.2) is 12.1 Å². The summed E-state index contributed by atoms with van der Waals surface area (Å²) in [5, 5.41) is 0.721. The maximum atomic E-state index is 11.4. The summed E-state index contributed by atoms with van der Waals surface area (Å²) in [6.07, 6.45) is -0.453. The van der Waals surface area contributed by atoms with Crippen molar-refractivity contribution < 1.29 is 9.53 Å². The lowest BCUT2D eigenvalue weighted by Crippen LogP contribution is -2.14. The fraction of sp³-hybridized carbons (Fsp3) is 0.222. The molecule has 0 aromatic heterocycles. The van der Waals surface area contributed by atoms with Crippen molar-refractivity contribution in [1.29, 1.82) is 0 Å². The molecule has 0 spiro atoms. The van der Waals surface area contributed by atoms with Gasteiger partial charge in [0.25, 0.3) is 0 Å². The summed E-state index contributed by atoms with van der Waals surface area (Å²) in [5.41, 5.74) is 0.516. The van der Waals surface area contributed by atoms with Gasteiger partial charge in [0.05, 0.1) is 10.6 Å². The molecule has 13 heavy (non-hydrogen) atoms. The number of hydrogen-bond acceptors (Lipinski definition) is 2. The summed E-state index contributed by atoms with van der Waals surface area (Å²) in [4.78, 5) is 11.4.